The van der Waals surface area contributed by atoms with Crippen LogP contribution in [0.1, 0.15) is 38.2 Å². The average Bonchev–Trinajstić information content (AvgIpc) is 2.43. The third-order valence-electron chi connectivity index (χ3n) is 3.80. The van der Waals surface area contributed by atoms with Crippen LogP contribution in [-0.4, -0.2) is 25.9 Å². The van der Waals surface area contributed by atoms with E-state index in [2.05, 4.69) is 30.4 Å². The van der Waals surface area contributed by atoms with E-state index < -0.39 is 0 Å². The molecule has 1 aliphatic rings. The quantitative estimate of drug-likeness (QED) is 0.877. The smallest absolute Gasteiger partial charge is 0.142 e. The van der Waals surface area contributed by atoms with Crippen molar-refractivity contribution >= 4 is 5.69 Å². The second kappa shape index (κ2) is 6.80. The lowest BCUT2D eigenvalue weighted by Crippen LogP contribution is -2.29. The molecular formula is C16H25NO2. The molecule has 0 amide bonds. The van der Waals surface area contributed by atoms with Gasteiger partial charge in [0.1, 0.15) is 5.75 Å². The van der Waals surface area contributed by atoms with Crippen LogP contribution < -0.4 is 10.1 Å². The van der Waals surface area contributed by atoms with Crippen molar-refractivity contribution in [3.05, 3.63) is 23.8 Å². The molecule has 1 saturated carbocycles. The Morgan fingerprint density at radius 2 is 1.95 bits per heavy atom. The Morgan fingerprint density at radius 3 is 2.58 bits per heavy atom. The third-order valence-corrected chi connectivity index (χ3v) is 3.80. The van der Waals surface area contributed by atoms with Gasteiger partial charge in [-0.1, -0.05) is 6.07 Å². The summed E-state index contributed by atoms with van der Waals surface area (Å²) in [5, 5.41) is 3.63. The first kappa shape index (κ1) is 14.2. The Labute approximate surface area is 116 Å². The Morgan fingerprint density at radius 1 is 1.21 bits per heavy atom. The van der Waals surface area contributed by atoms with E-state index in [1.807, 2.05) is 14.0 Å². The van der Waals surface area contributed by atoms with Crippen molar-refractivity contribution in [2.45, 2.75) is 51.7 Å². The minimum atomic E-state index is 0.447. The van der Waals surface area contributed by atoms with Gasteiger partial charge >= 0.3 is 0 Å². The molecule has 1 aliphatic carbocycles. The fraction of sp³-hybridized carbons (Fsp3) is 0.625. The molecule has 3 nitrogen and oxygen atoms in total. The summed E-state index contributed by atoms with van der Waals surface area (Å²) in [5.41, 5.74) is 2.35. The van der Waals surface area contributed by atoms with Crippen molar-refractivity contribution in [2.75, 3.05) is 19.0 Å². The van der Waals surface area contributed by atoms with Crippen LogP contribution >= 0.6 is 0 Å². The zero-order chi connectivity index (χ0) is 13.7. The van der Waals surface area contributed by atoms with Crippen molar-refractivity contribution in [2.24, 2.45) is 0 Å². The second-order valence-corrected chi connectivity index (χ2v) is 5.29. The molecule has 0 atom stereocenters. The predicted octanol–water partition coefficient (Wildman–Crippen LogP) is 3.76. The van der Waals surface area contributed by atoms with Gasteiger partial charge in [-0.3, -0.25) is 0 Å². The normalized spacial score (nSPS) is 23.1. The van der Waals surface area contributed by atoms with Crippen LogP contribution in [0.5, 0.6) is 5.75 Å². The van der Waals surface area contributed by atoms with E-state index >= 15 is 0 Å². The summed E-state index contributed by atoms with van der Waals surface area (Å²) in [5.74, 6) is 0.969. The monoisotopic (exact) mass is 263 g/mol. The first-order valence-corrected chi connectivity index (χ1v) is 7.25. The molecule has 19 heavy (non-hydrogen) atoms. The average molecular weight is 263 g/mol. The van der Waals surface area contributed by atoms with E-state index in [-0.39, 0.29) is 0 Å². The molecule has 1 N–H and O–H groups in total. The predicted molar refractivity (Wildman–Crippen MR) is 79.0 cm³/mol. The SMILES string of the molecule is CCOc1cc(C)ccc1NC1CCC(OC)CC1. The second-order valence-electron chi connectivity index (χ2n) is 5.29. The van der Waals surface area contributed by atoms with Crippen molar-refractivity contribution in [3.8, 4) is 5.75 Å². The van der Waals surface area contributed by atoms with Crippen molar-refractivity contribution in [1.82, 2.24) is 0 Å². The molecule has 0 unspecified atom stereocenters. The van der Waals surface area contributed by atoms with Gasteiger partial charge in [-0.05, 0) is 57.2 Å². The van der Waals surface area contributed by atoms with Crippen LogP contribution in [-0.2, 0) is 4.74 Å². The summed E-state index contributed by atoms with van der Waals surface area (Å²) in [4.78, 5) is 0. The van der Waals surface area contributed by atoms with Crippen molar-refractivity contribution in [3.63, 3.8) is 0 Å². The number of anilines is 1. The lowest BCUT2D eigenvalue weighted by molar-refractivity contribution is 0.0681. The van der Waals surface area contributed by atoms with Gasteiger partial charge in [0.2, 0.25) is 0 Å². The Bertz CT molecular complexity index is 398. The molecule has 106 valence electrons. The highest BCUT2D eigenvalue weighted by molar-refractivity contribution is 5.58. The molecule has 2 rings (SSSR count). The molecule has 0 aliphatic heterocycles. The van der Waals surface area contributed by atoms with E-state index in [0.29, 0.717) is 18.8 Å². The van der Waals surface area contributed by atoms with E-state index in [1.54, 1.807) is 0 Å². The van der Waals surface area contributed by atoms with Crippen LogP contribution in [0.2, 0.25) is 0 Å². The lowest BCUT2D eigenvalue weighted by Gasteiger charge is -2.29. The highest BCUT2D eigenvalue weighted by Gasteiger charge is 2.21. The first-order chi connectivity index (χ1) is 9.22. The van der Waals surface area contributed by atoms with E-state index in [0.717, 1.165) is 37.1 Å². The lowest BCUT2D eigenvalue weighted by atomic mass is 9.92. The molecule has 1 aromatic carbocycles. The van der Waals surface area contributed by atoms with Gasteiger partial charge in [0.15, 0.2) is 0 Å². The van der Waals surface area contributed by atoms with E-state index in [9.17, 15) is 0 Å². The highest BCUT2D eigenvalue weighted by atomic mass is 16.5. The van der Waals surface area contributed by atoms with Crippen LogP contribution in [0.15, 0.2) is 18.2 Å². The number of hydrogen-bond acceptors (Lipinski definition) is 3. The maximum atomic E-state index is 5.71. The zero-order valence-corrected chi connectivity index (χ0v) is 12.2. The molecule has 0 saturated heterocycles. The van der Waals surface area contributed by atoms with Gasteiger partial charge in [-0.15, -0.1) is 0 Å². The highest BCUT2D eigenvalue weighted by Crippen LogP contribution is 2.30. The fourth-order valence-corrected chi connectivity index (χ4v) is 2.69. The molecule has 0 bridgehead atoms. The summed E-state index contributed by atoms with van der Waals surface area (Å²) < 4.78 is 11.1. The Balaban J connectivity index is 1.99. The largest absolute Gasteiger partial charge is 0.492 e. The van der Waals surface area contributed by atoms with Crippen molar-refractivity contribution in [1.29, 1.82) is 0 Å². The van der Waals surface area contributed by atoms with Crippen molar-refractivity contribution < 1.29 is 9.47 Å². The molecule has 3 heteroatoms. The maximum Gasteiger partial charge on any atom is 0.142 e. The standard InChI is InChI=1S/C16H25NO2/c1-4-19-16-11-12(2)5-10-15(16)17-13-6-8-14(18-3)9-7-13/h5,10-11,13-14,17H,4,6-9H2,1-3H3. The summed E-state index contributed by atoms with van der Waals surface area (Å²) in [6.07, 6.45) is 5.06. The van der Waals surface area contributed by atoms with Gasteiger partial charge in [0, 0.05) is 13.2 Å². The number of nitrogens with one attached hydrogen (secondary N) is 1. The van der Waals surface area contributed by atoms with Gasteiger partial charge in [-0.25, -0.2) is 0 Å². The summed E-state index contributed by atoms with van der Waals surface area (Å²) >= 11 is 0. The van der Waals surface area contributed by atoms with Gasteiger partial charge in [0.25, 0.3) is 0 Å². The molecule has 0 spiro atoms. The Kier molecular flexibility index (Phi) is 5.08. The van der Waals surface area contributed by atoms with Crippen LogP contribution in [0, 0.1) is 6.92 Å². The minimum Gasteiger partial charge on any atom is -0.492 e. The molecule has 1 fully saturated rings. The number of methoxy groups -OCH3 is 1. The molecule has 1 aromatic rings. The topological polar surface area (TPSA) is 30.5 Å². The van der Waals surface area contributed by atoms with Crippen LogP contribution in [0.4, 0.5) is 5.69 Å². The zero-order valence-electron chi connectivity index (χ0n) is 12.2. The molecular weight excluding hydrogens is 238 g/mol. The first-order valence-electron chi connectivity index (χ1n) is 7.25. The number of ether oxygens (including phenoxy) is 2. The Hall–Kier alpha value is -1.22. The van der Waals surface area contributed by atoms with Gasteiger partial charge in [0.05, 0.1) is 18.4 Å². The van der Waals surface area contributed by atoms with Crippen LogP contribution in [0.25, 0.3) is 0 Å². The number of benzene rings is 1. The maximum absolute atomic E-state index is 5.71. The third kappa shape index (κ3) is 3.87. The van der Waals surface area contributed by atoms with E-state index in [4.69, 9.17) is 9.47 Å². The minimum absolute atomic E-state index is 0.447. The van der Waals surface area contributed by atoms with Gasteiger partial charge in [-0.2, -0.15) is 0 Å². The van der Waals surface area contributed by atoms with Crippen LogP contribution in [0.3, 0.4) is 0 Å². The van der Waals surface area contributed by atoms with E-state index in [1.165, 1.54) is 5.56 Å². The molecule has 0 heterocycles. The fourth-order valence-electron chi connectivity index (χ4n) is 2.69. The molecule has 0 aromatic heterocycles. The summed E-state index contributed by atoms with van der Waals surface area (Å²) in [7, 11) is 1.81. The number of aryl methyl sites for hydroxylation is 1. The van der Waals surface area contributed by atoms with Gasteiger partial charge < -0.3 is 14.8 Å². The molecule has 0 radical (unpaired) electrons. The number of rotatable bonds is 5. The number of hydrogen-bond donors (Lipinski definition) is 1. The summed E-state index contributed by atoms with van der Waals surface area (Å²) in [6, 6.07) is 6.90. The summed E-state index contributed by atoms with van der Waals surface area (Å²) in [6.45, 7) is 4.82.